The summed E-state index contributed by atoms with van der Waals surface area (Å²) >= 11 is 0. The molecule has 0 saturated heterocycles. The molecule has 1 rings (SSSR count). The minimum absolute atomic E-state index is 0.0456. The van der Waals surface area contributed by atoms with Gasteiger partial charge in [-0.2, -0.15) is 13.2 Å². The van der Waals surface area contributed by atoms with E-state index < -0.39 is 18.4 Å². The number of alkyl halides is 3. The molecule has 1 aromatic carbocycles. The lowest BCUT2D eigenvalue weighted by Crippen LogP contribution is -2.24. The zero-order chi connectivity index (χ0) is 13.9. The second kappa shape index (κ2) is 5.37. The van der Waals surface area contributed by atoms with Gasteiger partial charge in [0.2, 0.25) is 0 Å². The third-order valence-corrected chi connectivity index (χ3v) is 2.50. The van der Waals surface area contributed by atoms with Gasteiger partial charge in [0, 0.05) is 19.2 Å². The van der Waals surface area contributed by atoms with E-state index in [1.54, 1.807) is 0 Å². The van der Waals surface area contributed by atoms with Gasteiger partial charge in [0.05, 0.1) is 12.1 Å². The van der Waals surface area contributed by atoms with Crippen LogP contribution >= 0.6 is 0 Å². The van der Waals surface area contributed by atoms with Gasteiger partial charge >= 0.3 is 6.18 Å². The molecule has 0 spiro atoms. The maximum absolute atomic E-state index is 13.6. The SMILES string of the molecule is CC(=O)c1ccc(N(C)CCC(F)(F)F)c(F)c1. The van der Waals surface area contributed by atoms with Gasteiger partial charge in [0.1, 0.15) is 5.82 Å². The highest BCUT2D eigenvalue weighted by atomic mass is 19.4. The second-order valence-corrected chi connectivity index (χ2v) is 4.01. The Balaban J connectivity index is 2.80. The standard InChI is InChI=1S/C12H13F4NO/c1-8(18)9-3-4-11(10(13)7-9)17(2)6-5-12(14,15)16/h3-4,7H,5-6H2,1-2H3. The molecular weight excluding hydrogens is 250 g/mol. The lowest BCUT2D eigenvalue weighted by molar-refractivity contribution is -0.132. The number of Topliss-reactive ketones (excluding diaryl/α,β-unsaturated/α-hetero) is 1. The van der Waals surface area contributed by atoms with E-state index in [9.17, 15) is 22.4 Å². The molecule has 2 nitrogen and oxygen atoms in total. The van der Waals surface area contributed by atoms with Crippen LogP contribution in [0.15, 0.2) is 18.2 Å². The molecule has 0 aliphatic rings. The van der Waals surface area contributed by atoms with E-state index in [0.29, 0.717) is 0 Å². The van der Waals surface area contributed by atoms with Crippen LogP contribution < -0.4 is 4.90 Å². The Bertz CT molecular complexity index is 442. The van der Waals surface area contributed by atoms with E-state index in [-0.39, 0.29) is 23.6 Å². The molecule has 0 atom stereocenters. The van der Waals surface area contributed by atoms with Crippen molar-refractivity contribution in [3.05, 3.63) is 29.6 Å². The normalized spacial score (nSPS) is 11.4. The summed E-state index contributed by atoms with van der Waals surface area (Å²) in [6.45, 7) is 0.960. The Morgan fingerprint density at radius 1 is 1.33 bits per heavy atom. The van der Waals surface area contributed by atoms with E-state index in [1.165, 1.54) is 31.0 Å². The van der Waals surface area contributed by atoms with Crippen LogP contribution in [0.2, 0.25) is 0 Å². The summed E-state index contributed by atoms with van der Waals surface area (Å²) in [5.74, 6) is -0.995. The predicted octanol–water partition coefficient (Wildman–Crippen LogP) is 3.42. The Labute approximate surface area is 102 Å². The van der Waals surface area contributed by atoms with Crippen LogP contribution in [0.25, 0.3) is 0 Å². The Morgan fingerprint density at radius 2 is 1.94 bits per heavy atom. The molecule has 0 unspecified atom stereocenters. The van der Waals surface area contributed by atoms with Crippen LogP contribution in [0, 0.1) is 5.82 Å². The number of carbonyl (C=O) groups is 1. The van der Waals surface area contributed by atoms with Gasteiger partial charge in [-0.1, -0.05) is 0 Å². The number of hydrogen-bond donors (Lipinski definition) is 0. The summed E-state index contributed by atoms with van der Waals surface area (Å²) in [5.41, 5.74) is 0.240. The monoisotopic (exact) mass is 263 g/mol. The van der Waals surface area contributed by atoms with Crippen molar-refractivity contribution in [3.8, 4) is 0 Å². The van der Waals surface area contributed by atoms with Crippen molar-refractivity contribution in [1.82, 2.24) is 0 Å². The molecule has 0 aliphatic heterocycles. The number of carbonyl (C=O) groups excluding carboxylic acids is 1. The van der Waals surface area contributed by atoms with Crippen molar-refractivity contribution in [2.45, 2.75) is 19.5 Å². The number of nitrogens with zero attached hydrogens (tertiary/aromatic N) is 1. The number of rotatable bonds is 4. The van der Waals surface area contributed by atoms with Crippen molar-refractivity contribution in [3.63, 3.8) is 0 Å². The molecule has 6 heteroatoms. The molecule has 0 aromatic heterocycles. The minimum atomic E-state index is -4.27. The smallest absolute Gasteiger partial charge is 0.372 e. The molecule has 18 heavy (non-hydrogen) atoms. The van der Waals surface area contributed by atoms with Crippen LogP contribution in [0.3, 0.4) is 0 Å². The Hall–Kier alpha value is -1.59. The van der Waals surface area contributed by atoms with Crippen LogP contribution in [0.5, 0.6) is 0 Å². The lowest BCUT2D eigenvalue weighted by atomic mass is 10.1. The molecule has 0 N–H and O–H groups in total. The Morgan fingerprint density at radius 3 is 2.39 bits per heavy atom. The summed E-state index contributed by atoms with van der Waals surface area (Å²) < 4.78 is 49.7. The van der Waals surface area contributed by atoms with Gasteiger partial charge in [-0.05, 0) is 25.1 Å². The fourth-order valence-electron chi connectivity index (χ4n) is 1.45. The molecule has 0 fully saturated rings. The van der Waals surface area contributed by atoms with E-state index in [4.69, 9.17) is 0 Å². The molecule has 0 amide bonds. The molecule has 0 aliphatic carbocycles. The highest BCUT2D eigenvalue weighted by Crippen LogP contribution is 2.24. The van der Waals surface area contributed by atoms with Gasteiger partial charge in [-0.15, -0.1) is 0 Å². The number of benzene rings is 1. The number of anilines is 1. The first-order chi connectivity index (χ1) is 8.20. The second-order valence-electron chi connectivity index (χ2n) is 4.01. The van der Waals surface area contributed by atoms with E-state index in [0.717, 1.165) is 6.07 Å². The lowest BCUT2D eigenvalue weighted by Gasteiger charge is -2.20. The van der Waals surface area contributed by atoms with Gasteiger partial charge in [-0.3, -0.25) is 4.79 Å². The predicted molar refractivity (Wildman–Crippen MR) is 60.3 cm³/mol. The fourth-order valence-corrected chi connectivity index (χ4v) is 1.45. The molecule has 0 heterocycles. The minimum Gasteiger partial charge on any atom is -0.372 e. The summed E-state index contributed by atoms with van der Waals surface area (Å²) in [6.07, 6.45) is -5.29. The van der Waals surface area contributed by atoms with E-state index >= 15 is 0 Å². The van der Waals surface area contributed by atoms with Gasteiger partial charge < -0.3 is 4.90 Å². The van der Waals surface area contributed by atoms with Crippen molar-refractivity contribution in [2.24, 2.45) is 0 Å². The third-order valence-electron chi connectivity index (χ3n) is 2.50. The van der Waals surface area contributed by atoms with Gasteiger partial charge in [-0.25, -0.2) is 4.39 Å². The van der Waals surface area contributed by atoms with Gasteiger partial charge in [0.15, 0.2) is 5.78 Å². The molecule has 1 aromatic rings. The van der Waals surface area contributed by atoms with Crippen LogP contribution in [0.4, 0.5) is 23.2 Å². The number of hydrogen-bond acceptors (Lipinski definition) is 2. The fraction of sp³-hybridized carbons (Fsp3) is 0.417. The molecule has 0 radical (unpaired) electrons. The molecular formula is C12H13F4NO. The largest absolute Gasteiger partial charge is 0.390 e. The zero-order valence-electron chi connectivity index (χ0n) is 10.0. The van der Waals surface area contributed by atoms with Crippen molar-refractivity contribution < 1.29 is 22.4 Å². The first-order valence-corrected chi connectivity index (χ1v) is 5.29. The van der Waals surface area contributed by atoms with Crippen molar-refractivity contribution >= 4 is 11.5 Å². The first kappa shape index (κ1) is 14.5. The summed E-state index contributed by atoms with van der Waals surface area (Å²) in [6, 6.07) is 3.73. The van der Waals surface area contributed by atoms with Crippen molar-refractivity contribution in [1.29, 1.82) is 0 Å². The summed E-state index contributed by atoms with van der Waals surface area (Å²) in [5, 5.41) is 0. The number of halogens is 4. The summed E-state index contributed by atoms with van der Waals surface area (Å²) in [7, 11) is 1.37. The van der Waals surface area contributed by atoms with E-state index in [2.05, 4.69) is 0 Å². The van der Waals surface area contributed by atoms with E-state index in [1.807, 2.05) is 0 Å². The molecule has 0 bridgehead atoms. The Kier molecular flexibility index (Phi) is 4.32. The topological polar surface area (TPSA) is 20.3 Å². The van der Waals surface area contributed by atoms with Crippen LogP contribution in [-0.2, 0) is 0 Å². The first-order valence-electron chi connectivity index (χ1n) is 5.29. The maximum atomic E-state index is 13.6. The highest BCUT2D eigenvalue weighted by Gasteiger charge is 2.27. The van der Waals surface area contributed by atoms with Gasteiger partial charge in [0.25, 0.3) is 0 Å². The zero-order valence-corrected chi connectivity index (χ0v) is 10.0. The van der Waals surface area contributed by atoms with Crippen LogP contribution in [0.1, 0.15) is 23.7 Å². The molecule has 0 saturated carbocycles. The summed E-state index contributed by atoms with van der Waals surface area (Å²) in [4.78, 5) is 12.2. The van der Waals surface area contributed by atoms with Crippen molar-refractivity contribution in [2.75, 3.05) is 18.5 Å². The maximum Gasteiger partial charge on any atom is 0.390 e. The average molecular weight is 263 g/mol. The van der Waals surface area contributed by atoms with Crippen LogP contribution in [-0.4, -0.2) is 25.6 Å². The number of ketones is 1. The average Bonchev–Trinajstić information content (AvgIpc) is 2.24. The third kappa shape index (κ3) is 4.01. The molecule has 100 valence electrons. The highest BCUT2D eigenvalue weighted by molar-refractivity contribution is 5.94. The quantitative estimate of drug-likeness (QED) is 0.613.